The largest absolute Gasteiger partial charge is 0.393 e. The normalized spacial score (nSPS) is 23.6. The first-order valence-corrected chi connectivity index (χ1v) is 7.37. The van der Waals surface area contributed by atoms with E-state index >= 15 is 0 Å². The Bertz CT molecular complexity index is 359. The monoisotopic (exact) mass is 268 g/mol. The molecule has 0 aliphatic heterocycles. The maximum atomic E-state index is 11.6. The highest BCUT2D eigenvalue weighted by Crippen LogP contribution is 2.18. The van der Waals surface area contributed by atoms with Crippen LogP contribution in [0, 0.1) is 0 Å². The van der Waals surface area contributed by atoms with Crippen LogP contribution in [-0.4, -0.2) is 29.8 Å². The fraction of sp³-hybridized carbons (Fsp3) is 0.615. The molecule has 1 heterocycles. The highest BCUT2D eigenvalue weighted by Gasteiger charge is 2.20. The van der Waals surface area contributed by atoms with Crippen LogP contribution in [-0.2, 0) is 6.42 Å². The van der Waals surface area contributed by atoms with E-state index in [9.17, 15) is 9.90 Å². The van der Waals surface area contributed by atoms with Crippen LogP contribution in [0.3, 0.4) is 0 Å². The lowest BCUT2D eigenvalue weighted by Crippen LogP contribution is -2.44. The molecule has 1 aliphatic rings. The first-order valence-electron chi connectivity index (χ1n) is 6.49. The van der Waals surface area contributed by atoms with E-state index in [1.807, 2.05) is 11.4 Å². The topological polar surface area (TPSA) is 61.4 Å². The van der Waals surface area contributed by atoms with Crippen LogP contribution < -0.4 is 10.6 Å². The Balaban J connectivity index is 1.60. The van der Waals surface area contributed by atoms with Crippen LogP contribution in [0.2, 0.25) is 0 Å². The first kappa shape index (κ1) is 13.4. The highest BCUT2D eigenvalue weighted by atomic mass is 32.1. The third-order valence-corrected chi connectivity index (χ3v) is 4.21. The Morgan fingerprint density at radius 2 is 2.17 bits per heavy atom. The van der Waals surface area contributed by atoms with E-state index in [0.717, 1.165) is 32.1 Å². The number of urea groups is 1. The summed E-state index contributed by atoms with van der Waals surface area (Å²) in [6.07, 6.45) is 4.04. The Kier molecular flexibility index (Phi) is 5.01. The lowest BCUT2D eigenvalue weighted by Gasteiger charge is -2.26. The van der Waals surface area contributed by atoms with Crippen molar-refractivity contribution in [3.63, 3.8) is 0 Å². The maximum absolute atomic E-state index is 11.6. The number of nitrogens with one attached hydrogen (secondary N) is 2. The van der Waals surface area contributed by atoms with E-state index < -0.39 is 0 Å². The summed E-state index contributed by atoms with van der Waals surface area (Å²) in [5.74, 6) is 0. The van der Waals surface area contributed by atoms with E-state index in [2.05, 4.69) is 16.7 Å². The molecule has 0 spiro atoms. The van der Waals surface area contributed by atoms with Gasteiger partial charge in [0.25, 0.3) is 0 Å². The molecule has 2 amide bonds. The molecule has 18 heavy (non-hydrogen) atoms. The SMILES string of the molecule is O=C(NCCc1cccs1)NC1CCC(O)CC1. The fourth-order valence-electron chi connectivity index (χ4n) is 2.21. The number of carbonyl (C=O) groups is 1. The van der Waals surface area contributed by atoms with Crippen LogP contribution in [0.15, 0.2) is 17.5 Å². The second-order valence-electron chi connectivity index (χ2n) is 4.74. The quantitative estimate of drug-likeness (QED) is 0.781. The smallest absolute Gasteiger partial charge is 0.315 e. The Morgan fingerprint density at radius 1 is 1.39 bits per heavy atom. The van der Waals surface area contributed by atoms with Crippen molar-refractivity contribution < 1.29 is 9.90 Å². The molecule has 4 nitrogen and oxygen atoms in total. The summed E-state index contributed by atoms with van der Waals surface area (Å²) >= 11 is 1.71. The van der Waals surface area contributed by atoms with E-state index in [1.165, 1.54) is 4.88 Å². The van der Waals surface area contributed by atoms with Crippen molar-refractivity contribution in [2.24, 2.45) is 0 Å². The van der Waals surface area contributed by atoms with Gasteiger partial charge in [-0.25, -0.2) is 4.79 Å². The van der Waals surface area contributed by atoms with Gasteiger partial charge in [-0.15, -0.1) is 11.3 Å². The third kappa shape index (κ3) is 4.31. The highest BCUT2D eigenvalue weighted by molar-refractivity contribution is 7.09. The average Bonchev–Trinajstić information content (AvgIpc) is 2.85. The number of thiophene rings is 1. The number of rotatable bonds is 4. The van der Waals surface area contributed by atoms with Crippen LogP contribution >= 0.6 is 11.3 Å². The average molecular weight is 268 g/mol. The van der Waals surface area contributed by atoms with E-state index in [-0.39, 0.29) is 18.2 Å². The van der Waals surface area contributed by atoms with E-state index in [1.54, 1.807) is 11.3 Å². The Hall–Kier alpha value is -1.07. The molecule has 1 aromatic heterocycles. The lowest BCUT2D eigenvalue weighted by atomic mass is 9.93. The van der Waals surface area contributed by atoms with Gasteiger partial charge >= 0.3 is 6.03 Å². The predicted octanol–water partition coefficient (Wildman–Crippen LogP) is 1.89. The zero-order valence-electron chi connectivity index (χ0n) is 10.4. The second-order valence-corrected chi connectivity index (χ2v) is 5.77. The lowest BCUT2D eigenvalue weighted by molar-refractivity contribution is 0.117. The molecular formula is C13H20N2O2S. The Morgan fingerprint density at radius 3 is 2.83 bits per heavy atom. The minimum Gasteiger partial charge on any atom is -0.393 e. The van der Waals surface area contributed by atoms with Gasteiger partial charge in [0.05, 0.1) is 6.10 Å². The third-order valence-electron chi connectivity index (χ3n) is 3.27. The predicted molar refractivity (Wildman–Crippen MR) is 72.8 cm³/mol. The van der Waals surface area contributed by atoms with Crippen molar-refractivity contribution in [3.8, 4) is 0 Å². The number of amides is 2. The van der Waals surface area contributed by atoms with Gasteiger partial charge in [-0.1, -0.05) is 6.07 Å². The van der Waals surface area contributed by atoms with Crippen LogP contribution in [0.1, 0.15) is 30.6 Å². The van der Waals surface area contributed by atoms with Crippen molar-refractivity contribution in [3.05, 3.63) is 22.4 Å². The Labute approximate surface area is 111 Å². The summed E-state index contributed by atoms with van der Waals surface area (Å²) in [6, 6.07) is 4.23. The molecule has 1 aliphatic carbocycles. The molecule has 0 aromatic carbocycles. The minimum atomic E-state index is -0.176. The molecule has 0 bridgehead atoms. The van der Waals surface area contributed by atoms with Crippen molar-refractivity contribution in [1.29, 1.82) is 0 Å². The summed E-state index contributed by atoms with van der Waals surface area (Å²) in [4.78, 5) is 12.9. The molecule has 0 atom stereocenters. The van der Waals surface area contributed by atoms with Gasteiger partial charge in [0.15, 0.2) is 0 Å². The molecule has 1 fully saturated rings. The van der Waals surface area contributed by atoms with Crippen molar-refractivity contribution in [2.75, 3.05) is 6.54 Å². The standard InChI is InChI=1S/C13H20N2O2S/c16-11-5-3-10(4-6-11)15-13(17)14-8-7-12-2-1-9-18-12/h1-2,9-11,16H,3-8H2,(H2,14,15,17). The summed E-state index contributed by atoms with van der Waals surface area (Å²) in [6.45, 7) is 0.668. The van der Waals surface area contributed by atoms with Gasteiger partial charge < -0.3 is 15.7 Å². The number of hydrogen-bond donors (Lipinski definition) is 3. The van der Waals surface area contributed by atoms with Crippen molar-refractivity contribution >= 4 is 17.4 Å². The van der Waals surface area contributed by atoms with Gasteiger partial charge in [-0.2, -0.15) is 0 Å². The summed E-state index contributed by atoms with van der Waals surface area (Å²) in [7, 11) is 0. The molecular weight excluding hydrogens is 248 g/mol. The summed E-state index contributed by atoms with van der Waals surface area (Å²) in [5.41, 5.74) is 0. The molecule has 3 N–H and O–H groups in total. The molecule has 2 rings (SSSR count). The summed E-state index contributed by atoms with van der Waals surface area (Å²) < 4.78 is 0. The molecule has 0 radical (unpaired) electrons. The van der Waals surface area contributed by atoms with E-state index in [4.69, 9.17) is 0 Å². The van der Waals surface area contributed by atoms with Crippen LogP contribution in [0.5, 0.6) is 0 Å². The number of aliphatic hydroxyl groups excluding tert-OH is 1. The molecule has 0 unspecified atom stereocenters. The summed E-state index contributed by atoms with van der Waals surface area (Å²) in [5, 5.41) is 17.3. The van der Waals surface area contributed by atoms with Gasteiger partial charge in [-0.3, -0.25) is 0 Å². The van der Waals surface area contributed by atoms with Gasteiger partial charge in [0.1, 0.15) is 0 Å². The van der Waals surface area contributed by atoms with Crippen LogP contribution in [0.25, 0.3) is 0 Å². The van der Waals surface area contributed by atoms with Gasteiger partial charge in [-0.05, 0) is 43.6 Å². The first-order chi connectivity index (χ1) is 8.74. The maximum Gasteiger partial charge on any atom is 0.315 e. The fourth-order valence-corrected chi connectivity index (χ4v) is 2.92. The molecule has 0 saturated heterocycles. The molecule has 1 aromatic rings. The van der Waals surface area contributed by atoms with Crippen molar-refractivity contribution in [1.82, 2.24) is 10.6 Å². The molecule has 100 valence electrons. The van der Waals surface area contributed by atoms with Crippen molar-refractivity contribution in [2.45, 2.75) is 44.2 Å². The van der Waals surface area contributed by atoms with E-state index in [0.29, 0.717) is 6.54 Å². The number of hydrogen-bond acceptors (Lipinski definition) is 3. The zero-order chi connectivity index (χ0) is 12.8. The van der Waals surface area contributed by atoms with Gasteiger partial charge in [0.2, 0.25) is 0 Å². The molecule has 1 saturated carbocycles. The second kappa shape index (κ2) is 6.75. The zero-order valence-corrected chi connectivity index (χ0v) is 11.2. The number of carbonyl (C=O) groups excluding carboxylic acids is 1. The van der Waals surface area contributed by atoms with Crippen LogP contribution in [0.4, 0.5) is 4.79 Å². The number of aliphatic hydroxyl groups is 1. The minimum absolute atomic E-state index is 0.0899. The molecule has 5 heteroatoms. The van der Waals surface area contributed by atoms with Gasteiger partial charge in [0, 0.05) is 17.5 Å².